The Bertz CT molecular complexity index is 617. The van der Waals surface area contributed by atoms with Crippen LogP contribution in [0.4, 0.5) is 17.6 Å². The van der Waals surface area contributed by atoms with Crippen LogP contribution in [0.15, 0.2) is 42.5 Å². The second kappa shape index (κ2) is 4.84. The molecule has 19 heavy (non-hydrogen) atoms. The lowest BCUT2D eigenvalue weighted by Crippen LogP contribution is -2.06. The minimum Gasteiger partial charge on any atom is -0.298 e. The SMILES string of the molecule is O=Cc1cc(-c2ccccc2F)cc(C(F)(F)F)c1. The lowest BCUT2D eigenvalue weighted by Gasteiger charge is -2.10. The van der Waals surface area contributed by atoms with Crippen molar-refractivity contribution < 1.29 is 22.4 Å². The zero-order valence-electron chi connectivity index (χ0n) is 9.54. The first-order valence-corrected chi connectivity index (χ1v) is 5.34. The zero-order valence-corrected chi connectivity index (χ0v) is 9.54. The number of rotatable bonds is 2. The van der Waals surface area contributed by atoms with Crippen molar-refractivity contribution in [3.05, 3.63) is 59.4 Å². The predicted octanol–water partition coefficient (Wildman–Crippen LogP) is 4.32. The highest BCUT2D eigenvalue weighted by Gasteiger charge is 2.31. The molecule has 0 aliphatic rings. The van der Waals surface area contributed by atoms with E-state index in [1.807, 2.05) is 0 Å². The quantitative estimate of drug-likeness (QED) is 0.585. The molecule has 0 spiro atoms. The van der Waals surface area contributed by atoms with Gasteiger partial charge in [0, 0.05) is 11.1 Å². The second-order valence-electron chi connectivity index (χ2n) is 3.94. The molecule has 0 radical (unpaired) electrons. The van der Waals surface area contributed by atoms with Crippen molar-refractivity contribution in [2.75, 3.05) is 0 Å². The number of halogens is 4. The van der Waals surface area contributed by atoms with Crippen LogP contribution in [0.25, 0.3) is 11.1 Å². The van der Waals surface area contributed by atoms with E-state index in [4.69, 9.17) is 0 Å². The van der Waals surface area contributed by atoms with Gasteiger partial charge in [0.25, 0.3) is 0 Å². The average Bonchev–Trinajstić information content (AvgIpc) is 2.37. The van der Waals surface area contributed by atoms with Gasteiger partial charge in [0.05, 0.1) is 5.56 Å². The number of hydrogen-bond acceptors (Lipinski definition) is 1. The zero-order chi connectivity index (χ0) is 14.0. The molecule has 0 aliphatic heterocycles. The Hall–Kier alpha value is -2.17. The highest BCUT2D eigenvalue weighted by atomic mass is 19.4. The van der Waals surface area contributed by atoms with Gasteiger partial charge in [0.2, 0.25) is 0 Å². The molecule has 1 nitrogen and oxygen atoms in total. The Morgan fingerprint density at radius 2 is 1.68 bits per heavy atom. The molecule has 98 valence electrons. The molecule has 0 N–H and O–H groups in total. The third kappa shape index (κ3) is 2.81. The Labute approximate surface area is 106 Å². The summed E-state index contributed by atoms with van der Waals surface area (Å²) in [6, 6.07) is 8.24. The van der Waals surface area contributed by atoms with Crippen molar-refractivity contribution in [1.29, 1.82) is 0 Å². The van der Waals surface area contributed by atoms with Crippen molar-refractivity contribution in [2.24, 2.45) is 0 Å². The standard InChI is InChI=1S/C14H8F4O/c15-13-4-2-1-3-12(13)10-5-9(8-19)6-11(7-10)14(16,17)18/h1-8H. The predicted molar refractivity (Wildman–Crippen MR) is 62.2 cm³/mol. The maximum Gasteiger partial charge on any atom is 0.416 e. The fourth-order valence-electron chi connectivity index (χ4n) is 1.73. The summed E-state index contributed by atoms with van der Waals surface area (Å²) in [5.41, 5.74) is -1.07. The highest BCUT2D eigenvalue weighted by molar-refractivity contribution is 5.79. The molecule has 0 aliphatic carbocycles. The molecular weight excluding hydrogens is 260 g/mol. The number of aldehydes is 1. The van der Waals surface area contributed by atoms with Gasteiger partial charge in [-0.2, -0.15) is 13.2 Å². The van der Waals surface area contributed by atoms with E-state index in [-0.39, 0.29) is 16.7 Å². The number of carbonyl (C=O) groups excluding carboxylic acids is 1. The van der Waals surface area contributed by atoms with Crippen LogP contribution in [-0.4, -0.2) is 6.29 Å². The van der Waals surface area contributed by atoms with Crippen LogP contribution >= 0.6 is 0 Å². The monoisotopic (exact) mass is 268 g/mol. The van der Waals surface area contributed by atoms with Gasteiger partial charge in [-0.15, -0.1) is 0 Å². The van der Waals surface area contributed by atoms with Crippen LogP contribution in [0.2, 0.25) is 0 Å². The summed E-state index contributed by atoms with van der Waals surface area (Å²) < 4.78 is 51.6. The molecule has 2 aromatic carbocycles. The van der Waals surface area contributed by atoms with Crippen LogP contribution in [0.1, 0.15) is 15.9 Å². The maximum absolute atomic E-state index is 13.6. The first kappa shape index (κ1) is 13.3. The lowest BCUT2D eigenvalue weighted by atomic mass is 9.99. The number of alkyl halides is 3. The van der Waals surface area contributed by atoms with Crippen LogP contribution in [0.3, 0.4) is 0 Å². The molecule has 2 rings (SSSR count). The van der Waals surface area contributed by atoms with Crippen molar-refractivity contribution in [2.45, 2.75) is 6.18 Å². The summed E-state index contributed by atoms with van der Waals surface area (Å²) in [4.78, 5) is 10.7. The van der Waals surface area contributed by atoms with E-state index in [2.05, 4.69) is 0 Å². The summed E-state index contributed by atoms with van der Waals surface area (Å²) in [7, 11) is 0. The topological polar surface area (TPSA) is 17.1 Å². The minimum atomic E-state index is -4.58. The van der Waals surface area contributed by atoms with Crippen LogP contribution < -0.4 is 0 Å². The summed E-state index contributed by atoms with van der Waals surface area (Å²) in [6.45, 7) is 0. The minimum absolute atomic E-state index is 0.0232. The summed E-state index contributed by atoms with van der Waals surface area (Å²) >= 11 is 0. The smallest absolute Gasteiger partial charge is 0.298 e. The summed E-state index contributed by atoms with van der Waals surface area (Å²) in [5.74, 6) is -0.640. The van der Waals surface area contributed by atoms with E-state index < -0.39 is 17.6 Å². The molecule has 5 heteroatoms. The molecule has 2 aromatic rings. The molecule has 0 amide bonds. The van der Waals surface area contributed by atoms with Gasteiger partial charge >= 0.3 is 6.18 Å². The highest BCUT2D eigenvalue weighted by Crippen LogP contribution is 2.33. The fourth-order valence-corrected chi connectivity index (χ4v) is 1.73. The van der Waals surface area contributed by atoms with Crippen LogP contribution in [-0.2, 0) is 6.18 Å². The van der Waals surface area contributed by atoms with E-state index in [1.165, 1.54) is 24.3 Å². The molecule has 0 saturated carbocycles. The lowest BCUT2D eigenvalue weighted by molar-refractivity contribution is -0.137. The number of benzene rings is 2. The van der Waals surface area contributed by atoms with Gasteiger partial charge < -0.3 is 0 Å². The van der Waals surface area contributed by atoms with Gasteiger partial charge in [-0.3, -0.25) is 4.79 Å². The van der Waals surface area contributed by atoms with Crippen molar-refractivity contribution >= 4 is 6.29 Å². The van der Waals surface area contributed by atoms with E-state index in [1.54, 1.807) is 0 Å². The summed E-state index contributed by atoms with van der Waals surface area (Å²) in [5, 5.41) is 0. The molecule has 0 saturated heterocycles. The third-order valence-corrected chi connectivity index (χ3v) is 2.60. The normalized spacial score (nSPS) is 11.4. The number of carbonyl (C=O) groups is 1. The second-order valence-corrected chi connectivity index (χ2v) is 3.94. The van der Waals surface area contributed by atoms with E-state index in [0.717, 1.165) is 18.2 Å². The van der Waals surface area contributed by atoms with Crippen molar-refractivity contribution in [1.82, 2.24) is 0 Å². The Morgan fingerprint density at radius 3 is 2.26 bits per heavy atom. The Kier molecular flexibility index (Phi) is 3.38. The van der Waals surface area contributed by atoms with Crippen LogP contribution in [0.5, 0.6) is 0 Å². The maximum atomic E-state index is 13.6. The largest absolute Gasteiger partial charge is 0.416 e. The van der Waals surface area contributed by atoms with Crippen LogP contribution in [0, 0.1) is 5.82 Å². The van der Waals surface area contributed by atoms with E-state index >= 15 is 0 Å². The molecule has 0 bridgehead atoms. The fraction of sp³-hybridized carbons (Fsp3) is 0.0714. The van der Waals surface area contributed by atoms with Gasteiger partial charge in [-0.25, -0.2) is 4.39 Å². The van der Waals surface area contributed by atoms with E-state index in [9.17, 15) is 22.4 Å². The molecule has 0 heterocycles. The molecule has 0 aromatic heterocycles. The van der Waals surface area contributed by atoms with Crippen molar-refractivity contribution in [3.8, 4) is 11.1 Å². The first-order valence-electron chi connectivity index (χ1n) is 5.34. The molecular formula is C14H8F4O. The van der Waals surface area contributed by atoms with E-state index in [0.29, 0.717) is 6.29 Å². The number of hydrogen-bond donors (Lipinski definition) is 0. The van der Waals surface area contributed by atoms with Gasteiger partial charge in [0.15, 0.2) is 0 Å². The van der Waals surface area contributed by atoms with Crippen molar-refractivity contribution in [3.63, 3.8) is 0 Å². The Balaban J connectivity index is 2.64. The molecule has 0 fully saturated rings. The van der Waals surface area contributed by atoms with Gasteiger partial charge in [-0.05, 0) is 29.8 Å². The Morgan fingerprint density at radius 1 is 1.00 bits per heavy atom. The first-order chi connectivity index (χ1) is 8.91. The molecule has 0 atom stereocenters. The summed E-state index contributed by atoms with van der Waals surface area (Å²) in [6.07, 6.45) is -4.28. The van der Waals surface area contributed by atoms with Gasteiger partial charge in [0.1, 0.15) is 12.1 Å². The third-order valence-electron chi connectivity index (χ3n) is 2.60. The molecule has 0 unspecified atom stereocenters. The average molecular weight is 268 g/mol. The van der Waals surface area contributed by atoms with Gasteiger partial charge in [-0.1, -0.05) is 18.2 Å².